The summed E-state index contributed by atoms with van der Waals surface area (Å²) < 4.78 is 11.4. The second kappa shape index (κ2) is 6.39. The highest BCUT2D eigenvalue weighted by molar-refractivity contribution is 6.26. The van der Waals surface area contributed by atoms with Crippen molar-refractivity contribution in [1.82, 2.24) is 9.80 Å². The van der Waals surface area contributed by atoms with E-state index < -0.39 is 17.6 Å². The first-order valence-electron chi connectivity index (χ1n) is 9.52. The van der Waals surface area contributed by atoms with E-state index in [1.54, 1.807) is 29.2 Å². The van der Waals surface area contributed by atoms with E-state index in [0.717, 1.165) is 10.3 Å². The molecule has 144 valence electrons. The quantitative estimate of drug-likeness (QED) is 0.743. The van der Waals surface area contributed by atoms with Crippen LogP contribution in [-0.2, 0) is 14.3 Å². The third kappa shape index (κ3) is 2.62. The highest BCUT2D eigenvalue weighted by Gasteiger charge is 2.42. The van der Waals surface area contributed by atoms with Gasteiger partial charge in [-0.2, -0.15) is 0 Å². The molecule has 3 heterocycles. The van der Waals surface area contributed by atoms with Crippen molar-refractivity contribution in [2.24, 2.45) is 0 Å². The molecule has 7 heteroatoms. The van der Waals surface area contributed by atoms with Crippen LogP contribution in [0.5, 0.6) is 0 Å². The van der Waals surface area contributed by atoms with Crippen LogP contribution < -0.4 is 0 Å². The summed E-state index contributed by atoms with van der Waals surface area (Å²) >= 11 is 0. The minimum Gasteiger partial charge on any atom is -0.347 e. The lowest BCUT2D eigenvalue weighted by molar-refractivity contribution is -0.187. The molecule has 7 nitrogen and oxygen atoms in total. The number of carbonyl (C=O) groups is 3. The van der Waals surface area contributed by atoms with Gasteiger partial charge in [0.1, 0.15) is 6.54 Å². The van der Waals surface area contributed by atoms with Crippen molar-refractivity contribution in [3.63, 3.8) is 0 Å². The Hall–Kier alpha value is -2.77. The third-order valence-corrected chi connectivity index (χ3v) is 5.84. The van der Waals surface area contributed by atoms with Crippen LogP contribution in [0, 0.1) is 0 Å². The van der Waals surface area contributed by atoms with Gasteiger partial charge < -0.3 is 14.4 Å². The zero-order chi connectivity index (χ0) is 19.3. The van der Waals surface area contributed by atoms with E-state index in [0.29, 0.717) is 55.7 Å². The van der Waals surface area contributed by atoms with Crippen LogP contribution in [-0.4, -0.2) is 66.2 Å². The maximum atomic E-state index is 12.9. The molecule has 0 N–H and O–H groups in total. The van der Waals surface area contributed by atoms with Crippen molar-refractivity contribution in [2.45, 2.75) is 18.6 Å². The van der Waals surface area contributed by atoms with Crippen molar-refractivity contribution >= 4 is 28.5 Å². The molecule has 0 atom stereocenters. The van der Waals surface area contributed by atoms with Gasteiger partial charge in [-0.3, -0.25) is 19.3 Å². The molecule has 0 aliphatic carbocycles. The largest absolute Gasteiger partial charge is 0.347 e. The fourth-order valence-corrected chi connectivity index (χ4v) is 4.34. The summed E-state index contributed by atoms with van der Waals surface area (Å²) in [5, 5.41) is 1.51. The highest BCUT2D eigenvalue weighted by Crippen LogP contribution is 2.32. The van der Waals surface area contributed by atoms with Gasteiger partial charge in [0.05, 0.1) is 13.2 Å². The molecule has 5 rings (SSSR count). The first-order valence-corrected chi connectivity index (χ1v) is 9.52. The number of likely N-dealkylation sites (tertiary alicyclic amines) is 1. The van der Waals surface area contributed by atoms with Gasteiger partial charge in [-0.15, -0.1) is 0 Å². The maximum absolute atomic E-state index is 12.9. The van der Waals surface area contributed by atoms with Crippen LogP contribution in [0.1, 0.15) is 33.6 Å². The molecule has 28 heavy (non-hydrogen) atoms. The number of amides is 3. The van der Waals surface area contributed by atoms with Crippen LogP contribution in [0.4, 0.5) is 0 Å². The van der Waals surface area contributed by atoms with Gasteiger partial charge in [0.15, 0.2) is 5.79 Å². The molecule has 1 spiro atoms. The van der Waals surface area contributed by atoms with Crippen molar-refractivity contribution in [2.75, 3.05) is 32.8 Å². The minimum atomic E-state index is -0.567. The summed E-state index contributed by atoms with van der Waals surface area (Å²) in [6.07, 6.45) is 1.20. The molecule has 2 aromatic rings. The summed E-state index contributed by atoms with van der Waals surface area (Å²) in [6, 6.07) is 10.7. The van der Waals surface area contributed by atoms with E-state index in [2.05, 4.69) is 0 Å². The fraction of sp³-hybridized carbons (Fsp3) is 0.381. The van der Waals surface area contributed by atoms with Gasteiger partial charge in [-0.25, -0.2) is 0 Å². The van der Waals surface area contributed by atoms with Gasteiger partial charge in [-0.05, 0) is 17.5 Å². The average Bonchev–Trinajstić information content (AvgIpc) is 3.17. The molecule has 0 radical (unpaired) electrons. The van der Waals surface area contributed by atoms with Gasteiger partial charge in [0, 0.05) is 42.4 Å². The number of imide groups is 1. The first-order chi connectivity index (χ1) is 13.6. The SMILES string of the molecule is O=C(CN1C(=O)c2cccc3cccc(c23)C1=O)N1CCC2(CC1)OCCO2. The second-order valence-electron chi connectivity index (χ2n) is 7.39. The lowest BCUT2D eigenvalue weighted by atomic mass is 9.94. The minimum absolute atomic E-state index is 0.235. The van der Waals surface area contributed by atoms with Crippen LogP contribution in [0.15, 0.2) is 36.4 Å². The normalized spacial score (nSPS) is 21.0. The maximum Gasteiger partial charge on any atom is 0.261 e. The van der Waals surface area contributed by atoms with Gasteiger partial charge in [-0.1, -0.05) is 24.3 Å². The Morgan fingerprint density at radius 2 is 1.50 bits per heavy atom. The lowest BCUT2D eigenvalue weighted by Gasteiger charge is -2.38. The fourth-order valence-electron chi connectivity index (χ4n) is 4.34. The van der Waals surface area contributed by atoms with Gasteiger partial charge in [0.25, 0.3) is 11.8 Å². The number of carbonyl (C=O) groups excluding carboxylic acids is 3. The van der Waals surface area contributed by atoms with Crippen LogP contribution in [0.3, 0.4) is 0 Å². The van der Waals surface area contributed by atoms with E-state index >= 15 is 0 Å². The number of piperidine rings is 1. The number of hydrogen-bond donors (Lipinski definition) is 0. The van der Waals surface area contributed by atoms with E-state index in [1.165, 1.54) is 0 Å². The molecule has 2 saturated heterocycles. The summed E-state index contributed by atoms with van der Waals surface area (Å²) in [5.74, 6) is -1.64. The first kappa shape index (κ1) is 17.3. The second-order valence-corrected chi connectivity index (χ2v) is 7.39. The van der Waals surface area contributed by atoms with Crippen LogP contribution in [0.2, 0.25) is 0 Å². The van der Waals surface area contributed by atoms with Crippen LogP contribution in [0.25, 0.3) is 10.8 Å². The molecular weight excluding hydrogens is 360 g/mol. The molecule has 3 amide bonds. The number of hydrogen-bond acceptors (Lipinski definition) is 5. The Labute approximate surface area is 161 Å². The highest BCUT2D eigenvalue weighted by atomic mass is 16.7. The lowest BCUT2D eigenvalue weighted by Crippen LogP contribution is -2.52. The number of rotatable bonds is 2. The zero-order valence-corrected chi connectivity index (χ0v) is 15.3. The predicted octanol–water partition coefficient (Wildman–Crippen LogP) is 1.80. The number of benzene rings is 2. The molecular formula is C21H20N2O5. The van der Waals surface area contributed by atoms with Crippen molar-refractivity contribution in [3.05, 3.63) is 47.5 Å². The topological polar surface area (TPSA) is 76.2 Å². The molecule has 0 saturated carbocycles. The average molecular weight is 380 g/mol. The predicted molar refractivity (Wildman–Crippen MR) is 99.8 cm³/mol. The Bertz CT molecular complexity index is 935. The summed E-state index contributed by atoms with van der Waals surface area (Å²) in [6.45, 7) is 1.88. The number of nitrogens with zero attached hydrogens (tertiary/aromatic N) is 2. The molecule has 2 fully saturated rings. The van der Waals surface area contributed by atoms with Gasteiger partial charge in [0.2, 0.25) is 5.91 Å². The molecule has 0 unspecified atom stereocenters. The molecule has 2 aromatic carbocycles. The van der Waals surface area contributed by atoms with E-state index in [9.17, 15) is 14.4 Å². The monoisotopic (exact) mass is 380 g/mol. The zero-order valence-electron chi connectivity index (χ0n) is 15.3. The van der Waals surface area contributed by atoms with Crippen LogP contribution >= 0.6 is 0 Å². The summed E-state index contributed by atoms with van der Waals surface area (Å²) in [4.78, 5) is 41.4. The molecule has 3 aliphatic rings. The van der Waals surface area contributed by atoms with Crippen molar-refractivity contribution in [1.29, 1.82) is 0 Å². The van der Waals surface area contributed by atoms with Gasteiger partial charge >= 0.3 is 0 Å². The van der Waals surface area contributed by atoms with E-state index in [1.807, 2.05) is 12.1 Å². The standard InChI is InChI=1S/C21H20N2O5/c24-17(22-9-7-21(8-10-22)27-11-12-28-21)13-23-19(25)15-5-1-3-14-4-2-6-16(18(14)15)20(23)26/h1-6H,7-13H2. The third-order valence-electron chi connectivity index (χ3n) is 5.84. The Kier molecular flexibility index (Phi) is 3.96. The Balaban J connectivity index is 1.35. The van der Waals surface area contributed by atoms with Crippen molar-refractivity contribution < 1.29 is 23.9 Å². The summed E-state index contributed by atoms with van der Waals surface area (Å²) in [5.41, 5.74) is 0.928. The van der Waals surface area contributed by atoms with E-state index in [-0.39, 0.29) is 12.5 Å². The molecule has 0 bridgehead atoms. The number of ether oxygens (including phenoxy) is 2. The van der Waals surface area contributed by atoms with Crippen molar-refractivity contribution in [3.8, 4) is 0 Å². The Morgan fingerprint density at radius 3 is 2.07 bits per heavy atom. The summed E-state index contributed by atoms with van der Waals surface area (Å²) in [7, 11) is 0. The molecule has 0 aromatic heterocycles. The Morgan fingerprint density at radius 1 is 0.929 bits per heavy atom. The smallest absolute Gasteiger partial charge is 0.261 e. The van der Waals surface area contributed by atoms with E-state index in [4.69, 9.17) is 9.47 Å². The molecule has 3 aliphatic heterocycles.